The molecule has 0 radical (unpaired) electrons. The summed E-state index contributed by atoms with van der Waals surface area (Å²) in [6.07, 6.45) is 4.27. The molecule has 0 fully saturated rings. The molecule has 0 saturated heterocycles. The molecule has 1 heteroatoms. The van der Waals surface area contributed by atoms with Gasteiger partial charge in [0.1, 0.15) is 5.75 Å². The minimum Gasteiger partial charge on any atom is -0.493 e. The van der Waals surface area contributed by atoms with Gasteiger partial charge in [0, 0.05) is 5.56 Å². The Morgan fingerprint density at radius 2 is 2.13 bits per heavy atom. The standard InChI is InChI=1S/C14H20O/c1-4-8-12(3)11-15-14-10-7-6-9-13(14)5-2/h5-7,9-10,12H,2,4,8,11H2,1,3H3. The molecule has 1 aromatic rings. The molecule has 1 unspecified atom stereocenters. The summed E-state index contributed by atoms with van der Waals surface area (Å²) in [5.74, 6) is 1.56. The van der Waals surface area contributed by atoms with E-state index in [1.54, 1.807) is 0 Å². The molecule has 0 aliphatic heterocycles. The first kappa shape index (κ1) is 11.8. The van der Waals surface area contributed by atoms with Crippen molar-refractivity contribution in [1.82, 2.24) is 0 Å². The molecule has 1 rings (SSSR count). The Morgan fingerprint density at radius 3 is 2.80 bits per heavy atom. The topological polar surface area (TPSA) is 9.23 Å². The summed E-state index contributed by atoms with van der Waals surface area (Å²) in [5.41, 5.74) is 1.07. The van der Waals surface area contributed by atoms with Gasteiger partial charge in [0.05, 0.1) is 6.61 Å². The average molecular weight is 204 g/mol. The minimum absolute atomic E-state index is 0.618. The van der Waals surface area contributed by atoms with Gasteiger partial charge >= 0.3 is 0 Å². The summed E-state index contributed by atoms with van der Waals surface area (Å²) in [6.45, 7) is 8.99. The molecule has 1 aromatic carbocycles. The largest absolute Gasteiger partial charge is 0.493 e. The molecule has 0 spiro atoms. The molecule has 0 bridgehead atoms. The van der Waals surface area contributed by atoms with Crippen LogP contribution in [0, 0.1) is 5.92 Å². The third-order valence-corrected chi connectivity index (χ3v) is 2.44. The highest BCUT2D eigenvalue weighted by Gasteiger charge is 2.03. The lowest BCUT2D eigenvalue weighted by Crippen LogP contribution is -2.08. The summed E-state index contributed by atoms with van der Waals surface area (Å²) in [6, 6.07) is 8.01. The van der Waals surface area contributed by atoms with E-state index in [-0.39, 0.29) is 0 Å². The monoisotopic (exact) mass is 204 g/mol. The maximum Gasteiger partial charge on any atom is 0.126 e. The predicted octanol–water partition coefficient (Wildman–Crippen LogP) is 4.14. The van der Waals surface area contributed by atoms with Gasteiger partial charge in [-0.1, -0.05) is 51.1 Å². The van der Waals surface area contributed by atoms with E-state index in [1.807, 2.05) is 30.3 Å². The van der Waals surface area contributed by atoms with Crippen LogP contribution >= 0.6 is 0 Å². The van der Waals surface area contributed by atoms with Crippen molar-refractivity contribution in [2.75, 3.05) is 6.61 Å². The van der Waals surface area contributed by atoms with Crippen LogP contribution in [0.3, 0.4) is 0 Å². The molecule has 0 aromatic heterocycles. The van der Waals surface area contributed by atoms with E-state index in [0.717, 1.165) is 17.9 Å². The van der Waals surface area contributed by atoms with E-state index in [1.165, 1.54) is 12.8 Å². The number of ether oxygens (including phenoxy) is 1. The highest BCUT2D eigenvalue weighted by atomic mass is 16.5. The van der Waals surface area contributed by atoms with Crippen molar-refractivity contribution in [1.29, 1.82) is 0 Å². The summed E-state index contributed by atoms with van der Waals surface area (Å²) in [7, 11) is 0. The SMILES string of the molecule is C=Cc1ccccc1OCC(C)CCC. The number of benzene rings is 1. The zero-order chi connectivity index (χ0) is 11.1. The Kier molecular flexibility index (Phi) is 4.96. The maximum absolute atomic E-state index is 5.77. The van der Waals surface area contributed by atoms with Crippen molar-refractivity contribution in [3.05, 3.63) is 36.4 Å². The fourth-order valence-corrected chi connectivity index (χ4v) is 1.59. The molecule has 15 heavy (non-hydrogen) atoms. The van der Waals surface area contributed by atoms with Crippen LogP contribution in [0.25, 0.3) is 6.08 Å². The van der Waals surface area contributed by atoms with E-state index in [9.17, 15) is 0 Å². The molecule has 0 N–H and O–H groups in total. The quantitative estimate of drug-likeness (QED) is 0.676. The molecule has 82 valence electrons. The van der Waals surface area contributed by atoms with Gasteiger partial charge in [-0.15, -0.1) is 0 Å². The van der Waals surface area contributed by atoms with E-state index < -0.39 is 0 Å². The highest BCUT2D eigenvalue weighted by molar-refractivity contribution is 5.55. The smallest absolute Gasteiger partial charge is 0.126 e. The van der Waals surface area contributed by atoms with Crippen LogP contribution in [-0.4, -0.2) is 6.61 Å². The predicted molar refractivity (Wildman–Crippen MR) is 66.1 cm³/mol. The van der Waals surface area contributed by atoms with Gasteiger partial charge in [-0.2, -0.15) is 0 Å². The first-order valence-corrected chi connectivity index (χ1v) is 5.62. The van der Waals surface area contributed by atoms with Gasteiger partial charge in [-0.3, -0.25) is 0 Å². The Morgan fingerprint density at radius 1 is 1.40 bits per heavy atom. The first-order valence-electron chi connectivity index (χ1n) is 5.62. The van der Waals surface area contributed by atoms with Gasteiger partial charge in [-0.25, -0.2) is 0 Å². The van der Waals surface area contributed by atoms with Crippen LogP contribution in [0.15, 0.2) is 30.8 Å². The van der Waals surface area contributed by atoms with E-state index in [4.69, 9.17) is 4.74 Å². The van der Waals surface area contributed by atoms with Gasteiger partial charge in [-0.05, 0) is 18.4 Å². The van der Waals surface area contributed by atoms with Crippen molar-refractivity contribution in [2.45, 2.75) is 26.7 Å². The fourth-order valence-electron chi connectivity index (χ4n) is 1.59. The molecule has 0 amide bonds. The molecular weight excluding hydrogens is 184 g/mol. The molecule has 0 heterocycles. The Labute approximate surface area is 92.8 Å². The summed E-state index contributed by atoms with van der Waals surface area (Å²) < 4.78 is 5.77. The Hall–Kier alpha value is -1.24. The normalized spacial score (nSPS) is 12.1. The summed E-state index contributed by atoms with van der Waals surface area (Å²) in [4.78, 5) is 0. The molecule has 1 nitrogen and oxygen atoms in total. The second-order valence-electron chi connectivity index (χ2n) is 3.95. The Balaban J connectivity index is 2.53. The van der Waals surface area contributed by atoms with Crippen LogP contribution in [0.2, 0.25) is 0 Å². The lowest BCUT2D eigenvalue weighted by Gasteiger charge is -2.13. The van der Waals surface area contributed by atoms with Gasteiger partial charge < -0.3 is 4.74 Å². The van der Waals surface area contributed by atoms with Crippen LogP contribution in [0.4, 0.5) is 0 Å². The van der Waals surface area contributed by atoms with E-state index in [2.05, 4.69) is 20.4 Å². The van der Waals surface area contributed by atoms with Crippen molar-refractivity contribution in [3.63, 3.8) is 0 Å². The minimum atomic E-state index is 0.618. The van der Waals surface area contributed by atoms with Crippen LogP contribution < -0.4 is 4.74 Å². The second kappa shape index (κ2) is 6.28. The third kappa shape index (κ3) is 3.78. The first-order chi connectivity index (χ1) is 7.27. The molecule has 0 aliphatic carbocycles. The third-order valence-electron chi connectivity index (χ3n) is 2.44. The number of hydrogen-bond acceptors (Lipinski definition) is 1. The van der Waals surface area contributed by atoms with Crippen molar-refractivity contribution >= 4 is 6.08 Å². The molecule has 0 saturated carbocycles. The van der Waals surface area contributed by atoms with Gasteiger partial charge in [0.2, 0.25) is 0 Å². The van der Waals surface area contributed by atoms with Gasteiger partial charge in [0.15, 0.2) is 0 Å². The average Bonchev–Trinajstić information content (AvgIpc) is 2.27. The zero-order valence-electron chi connectivity index (χ0n) is 9.70. The van der Waals surface area contributed by atoms with Crippen molar-refractivity contribution < 1.29 is 4.74 Å². The van der Waals surface area contributed by atoms with Crippen LogP contribution in [0.5, 0.6) is 5.75 Å². The zero-order valence-corrected chi connectivity index (χ0v) is 9.70. The van der Waals surface area contributed by atoms with Crippen LogP contribution in [-0.2, 0) is 0 Å². The van der Waals surface area contributed by atoms with Crippen molar-refractivity contribution in [2.24, 2.45) is 5.92 Å². The molecule has 0 aliphatic rings. The summed E-state index contributed by atoms with van der Waals surface area (Å²) in [5, 5.41) is 0. The van der Waals surface area contributed by atoms with E-state index >= 15 is 0 Å². The van der Waals surface area contributed by atoms with Gasteiger partial charge in [0.25, 0.3) is 0 Å². The molecular formula is C14H20O. The van der Waals surface area contributed by atoms with E-state index in [0.29, 0.717) is 5.92 Å². The Bertz CT molecular complexity index is 304. The number of rotatable bonds is 6. The fraction of sp³-hybridized carbons (Fsp3) is 0.429. The maximum atomic E-state index is 5.77. The highest BCUT2D eigenvalue weighted by Crippen LogP contribution is 2.20. The number of hydrogen-bond donors (Lipinski definition) is 0. The second-order valence-corrected chi connectivity index (χ2v) is 3.95. The van der Waals surface area contributed by atoms with Crippen LogP contribution in [0.1, 0.15) is 32.3 Å². The molecule has 1 atom stereocenters. The lowest BCUT2D eigenvalue weighted by molar-refractivity contribution is 0.251. The lowest BCUT2D eigenvalue weighted by atomic mass is 10.1. The number of para-hydroxylation sites is 1. The summed E-state index contributed by atoms with van der Waals surface area (Å²) >= 11 is 0. The van der Waals surface area contributed by atoms with Crippen molar-refractivity contribution in [3.8, 4) is 5.75 Å².